The number of benzene rings is 2. The summed E-state index contributed by atoms with van der Waals surface area (Å²) >= 11 is 13.5. The van der Waals surface area contributed by atoms with E-state index in [4.69, 9.17) is 27.9 Å². The molecule has 2 aromatic carbocycles. The highest BCUT2D eigenvalue weighted by atomic mass is 35.5. The standard InChI is InChI=1S/C16H11Cl2NOS/c1-20-13-8-4-11(5-9-13)15-14(19-16(18)21-15)10-2-6-12(17)7-3-10/h2-9H,1H3. The largest absolute Gasteiger partial charge is 0.497 e. The van der Waals surface area contributed by atoms with Gasteiger partial charge in [-0.1, -0.05) is 35.3 Å². The fourth-order valence-electron chi connectivity index (χ4n) is 2.04. The Kier molecular flexibility index (Phi) is 4.15. The molecule has 2 nitrogen and oxygen atoms in total. The minimum Gasteiger partial charge on any atom is -0.497 e. The molecule has 0 aliphatic rings. The zero-order valence-electron chi connectivity index (χ0n) is 11.1. The maximum absolute atomic E-state index is 6.11. The summed E-state index contributed by atoms with van der Waals surface area (Å²) in [7, 11) is 1.65. The molecule has 0 bridgehead atoms. The van der Waals surface area contributed by atoms with Crippen LogP contribution < -0.4 is 4.74 Å². The molecule has 0 unspecified atom stereocenters. The van der Waals surface area contributed by atoms with E-state index in [-0.39, 0.29) is 0 Å². The van der Waals surface area contributed by atoms with Gasteiger partial charge in [0.05, 0.1) is 17.7 Å². The molecule has 0 saturated heterocycles. The van der Waals surface area contributed by atoms with Gasteiger partial charge in [-0.25, -0.2) is 4.98 Å². The van der Waals surface area contributed by atoms with E-state index in [1.165, 1.54) is 11.3 Å². The van der Waals surface area contributed by atoms with Crippen molar-refractivity contribution in [1.82, 2.24) is 4.98 Å². The highest BCUT2D eigenvalue weighted by Gasteiger charge is 2.14. The van der Waals surface area contributed by atoms with Gasteiger partial charge in [0.2, 0.25) is 0 Å². The number of hydrogen-bond acceptors (Lipinski definition) is 3. The smallest absolute Gasteiger partial charge is 0.184 e. The first-order chi connectivity index (χ1) is 10.2. The van der Waals surface area contributed by atoms with Crippen LogP contribution in [0.4, 0.5) is 0 Å². The molecular formula is C16H11Cl2NOS. The van der Waals surface area contributed by atoms with E-state index in [1.54, 1.807) is 7.11 Å². The minimum absolute atomic E-state index is 0.519. The van der Waals surface area contributed by atoms with Crippen LogP contribution in [0, 0.1) is 0 Å². The number of ether oxygens (including phenoxy) is 1. The Morgan fingerprint density at radius 2 is 1.52 bits per heavy atom. The maximum Gasteiger partial charge on any atom is 0.184 e. The highest BCUT2D eigenvalue weighted by Crippen LogP contribution is 2.39. The van der Waals surface area contributed by atoms with E-state index in [0.717, 1.165) is 27.4 Å². The van der Waals surface area contributed by atoms with Gasteiger partial charge in [0.25, 0.3) is 0 Å². The Bertz CT molecular complexity index is 751. The number of hydrogen-bond donors (Lipinski definition) is 0. The molecule has 106 valence electrons. The van der Waals surface area contributed by atoms with E-state index < -0.39 is 0 Å². The van der Waals surface area contributed by atoms with Crippen LogP contribution in [0.15, 0.2) is 48.5 Å². The topological polar surface area (TPSA) is 22.1 Å². The number of aromatic nitrogens is 1. The van der Waals surface area contributed by atoms with E-state index in [2.05, 4.69) is 4.98 Å². The monoisotopic (exact) mass is 335 g/mol. The molecule has 1 heterocycles. The van der Waals surface area contributed by atoms with Crippen molar-refractivity contribution in [2.45, 2.75) is 0 Å². The van der Waals surface area contributed by atoms with Crippen LogP contribution in [0.1, 0.15) is 0 Å². The maximum atomic E-state index is 6.11. The molecule has 3 rings (SSSR count). The van der Waals surface area contributed by atoms with Gasteiger partial charge in [-0.05, 0) is 42.0 Å². The van der Waals surface area contributed by atoms with Crippen LogP contribution >= 0.6 is 34.5 Å². The SMILES string of the molecule is COc1ccc(-c2sc(Cl)nc2-c2ccc(Cl)cc2)cc1. The lowest BCUT2D eigenvalue weighted by atomic mass is 10.1. The third-order valence-electron chi connectivity index (χ3n) is 3.07. The Hall–Kier alpha value is -1.55. The van der Waals surface area contributed by atoms with Crippen LogP contribution in [0.25, 0.3) is 21.7 Å². The molecule has 0 fully saturated rings. The molecule has 3 aromatic rings. The number of nitrogens with zero attached hydrogens (tertiary/aromatic N) is 1. The predicted molar refractivity (Wildman–Crippen MR) is 89.6 cm³/mol. The summed E-state index contributed by atoms with van der Waals surface area (Å²) < 4.78 is 5.70. The van der Waals surface area contributed by atoms with Gasteiger partial charge in [0.1, 0.15) is 5.75 Å². The third-order valence-corrected chi connectivity index (χ3v) is 4.53. The fraction of sp³-hybridized carbons (Fsp3) is 0.0625. The average molecular weight is 336 g/mol. The van der Waals surface area contributed by atoms with Crippen molar-refractivity contribution in [1.29, 1.82) is 0 Å². The van der Waals surface area contributed by atoms with Crippen molar-refractivity contribution in [2.24, 2.45) is 0 Å². The van der Waals surface area contributed by atoms with Gasteiger partial charge in [0, 0.05) is 10.6 Å². The van der Waals surface area contributed by atoms with Crippen LogP contribution in [-0.4, -0.2) is 12.1 Å². The second-order valence-corrected chi connectivity index (χ2v) is 6.40. The lowest BCUT2D eigenvalue weighted by Crippen LogP contribution is -1.84. The molecule has 0 N–H and O–H groups in total. The highest BCUT2D eigenvalue weighted by molar-refractivity contribution is 7.19. The van der Waals surface area contributed by atoms with Gasteiger partial charge < -0.3 is 4.74 Å². The van der Waals surface area contributed by atoms with E-state index in [1.807, 2.05) is 48.5 Å². The van der Waals surface area contributed by atoms with Crippen LogP contribution in [0.2, 0.25) is 9.49 Å². The zero-order valence-corrected chi connectivity index (χ0v) is 13.5. The minimum atomic E-state index is 0.519. The summed E-state index contributed by atoms with van der Waals surface area (Å²) in [5, 5.41) is 0.700. The van der Waals surface area contributed by atoms with E-state index >= 15 is 0 Å². The molecule has 0 aliphatic carbocycles. The van der Waals surface area contributed by atoms with Crippen LogP contribution in [0.5, 0.6) is 5.75 Å². The van der Waals surface area contributed by atoms with Crippen LogP contribution in [-0.2, 0) is 0 Å². The quantitative estimate of drug-likeness (QED) is 0.604. The van der Waals surface area contributed by atoms with Gasteiger partial charge in [-0.2, -0.15) is 0 Å². The molecule has 0 aliphatic heterocycles. The van der Waals surface area contributed by atoms with Crippen molar-refractivity contribution in [3.05, 3.63) is 58.0 Å². The van der Waals surface area contributed by atoms with Crippen molar-refractivity contribution >= 4 is 34.5 Å². The fourth-order valence-corrected chi connectivity index (χ4v) is 3.30. The third kappa shape index (κ3) is 3.05. The Morgan fingerprint density at radius 3 is 2.14 bits per heavy atom. The molecule has 0 saturated carbocycles. The van der Waals surface area contributed by atoms with Crippen molar-refractivity contribution in [2.75, 3.05) is 7.11 Å². The average Bonchev–Trinajstić information content (AvgIpc) is 2.90. The summed E-state index contributed by atoms with van der Waals surface area (Å²) in [5.41, 5.74) is 2.92. The second kappa shape index (κ2) is 6.06. The number of methoxy groups -OCH3 is 1. The summed E-state index contributed by atoms with van der Waals surface area (Å²) in [6, 6.07) is 15.4. The van der Waals surface area contributed by atoms with Crippen molar-refractivity contribution < 1.29 is 4.74 Å². The molecule has 1 aromatic heterocycles. The molecule has 5 heteroatoms. The molecule has 21 heavy (non-hydrogen) atoms. The summed E-state index contributed by atoms with van der Waals surface area (Å²) in [5.74, 6) is 0.822. The van der Waals surface area contributed by atoms with Gasteiger partial charge in [0.15, 0.2) is 4.47 Å². The van der Waals surface area contributed by atoms with Gasteiger partial charge in [-0.3, -0.25) is 0 Å². The molecule has 0 amide bonds. The first-order valence-electron chi connectivity index (χ1n) is 6.24. The van der Waals surface area contributed by atoms with Crippen LogP contribution in [0.3, 0.4) is 0 Å². The number of rotatable bonds is 3. The molecule has 0 spiro atoms. The molecule has 0 radical (unpaired) electrons. The normalized spacial score (nSPS) is 10.6. The van der Waals surface area contributed by atoms with E-state index in [0.29, 0.717) is 9.49 Å². The Morgan fingerprint density at radius 1 is 0.905 bits per heavy atom. The lowest BCUT2D eigenvalue weighted by molar-refractivity contribution is 0.415. The van der Waals surface area contributed by atoms with Crippen molar-refractivity contribution in [3.63, 3.8) is 0 Å². The van der Waals surface area contributed by atoms with Crippen molar-refractivity contribution in [3.8, 4) is 27.4 Å². The first-order valence-corrected chi connectivity index (χ1v) is 7.81. The first kappa shape index (κ1) is 14.4. The second-order valence-electron chi connectivity index (χ2n) is 4.38. The lowest BCUT2D eigenvalue weighted by Gasteiger charge is -2.04. The number of thiazole rings is 1. The summed E-state index contributed by atoms with van der Waals surface area (Å²) in [4.78, 5) is 5.47. The predicted octanol–water partition coefficient (Wildman–Crippen LogP) is 5.79. The van der Waals surface area contributed by atoms with Gasteiger partial charge in [-0.15, -0.1) is 11.3 Å². The van der Waals surface area contributed by atoms with E-state index in [9.17, 15) is 0 Å². The summed E-state index contributed by atoms with van der Waals surface area (Å²) in [6.07, 6.45) is 0. The Labute approximate surface area is 136 Å². The number of halogens is 2. The molecule has 0 atom stereocenters. The molecular weight excluding hydrogens is 325 g/mol. The van der Waals surface area contributed by atoms with Gasteiger partial charge >= 0.3 is 0 Å². The Balaban J connectivity index is 2.08. The zero-order chi connectivity index (χ0) is 14.8. The summed E-state index contributed by atoms with van der Waals surface area (Å²) in [6.45, 7) is 0.